The van der Waals surface area contributed by atoms with Crippen LogP contribution in [-0.2, 0) is 0 Å². The van der Waals surface area contributed by atoms with Crippen LogP contribution in [0.25, 0.3) is 55.0 Å². The second kappa shape index (κ2) is 8.44. The Kier molecular flexibility index (Phi) is 4.82. The van der Waals surface area contributed by atoms with Gasteiger partial charge in [-0.2, -0.15) is 0 Å². The second-order valence-electron chi connectivity index (χ2n) is 9.07. The maximum absolute atomic E-state index is 6.58. The standard InChI is InChI=1S/C34H23NO/c1-2-11-24(12-3-1)28-15-8-16-29-30-17-9-19-32(34(30)36-33(28)29)35-31-18-7-6-14-27(31)26-21-20-23-10-4-5-13-25(23)22-26/h1-22,35H. The van der Waals surface area contributed by atoms with Crippen LogP contribution in [0.5, 0.6) is 0 Å². The Balaban J connectivity index is 1.36. The maximum Gasteiger partial charge on any atom is 0.158 e. The first kappa shape index (κ1) is 20.5. The first-order valence-corrected chi connectivity index (χ1v) is 12.2. The summed E-state index contributed by atoms with van der Waals surface area (Å²) in [5, 5.41) is 8.40. The molecule has 0 radical (unpaired) electrons. The molecule has 0 saturated carbocycles. The lowest BCUT2D eigenvalue weighted by Crippen LogP contribution is -1.93. The molecule has 0 fully saturated rings. The van der Waals surface area contributed by atoms with Crippen molar-refractivity contribution in [1.82, 2.24) is 0 Å². The van der Waals surface area contributed by atoms with Crippen LogP contribution in [0.3, 0.4) is 0 Å². The maximum atomic E-state index is 6.58. The quantitative estimate of drug-likeness (QED) is 0.282. The normalized spacial score (nSPS) is 11.3. The van der Waals surface area contributed by atoms with Crippen molar-refractivity contribution < 1.29 is 4.42 Å². The van der Waals surface area contributed by atoms with Crippen molar-refractivity contribution in [2.24, 2.45) is 0 Å². The summed E-state index contributed by atoms with van der Waals surface area (Å²) in [6, 6.07) is 46.7. The molecule has 2 heteroatoms. The molecule has 1 heterocycles. The number of rotatable bonds is 4. The van der Waals surface area contributed by atoms with Gasteiger partial charge in [-0.15, -0.1) is 0 Å². The van der Waals surface area contributed by atoms with E-state index in [4.69, 9.17) is 4.42 Å². The molecule has 0 unspecified atom stereocenters. The largest absolute Gasteiger partial charge is 0.453 e. The molecule has 0 aliphatic carbocycles. The van der Waals surface area contributed by atoms with E-state index in [2.05, 4.69) is 133 Å². The Bertz CT molecular complexity index is 1860. The van der Waals surface area contributed by atoms with Gasteiger partial charge in [-0.25, -0.2) is 0 Å². The fourth-order valence-corrected chi connectivity index (χ4v) is 5.11. The molecule has 0 spiro atoms. The average molecular weight is 462 g/mol. The van der Waals surface area contributed by atoms with E-state index in [-0.39, 0.29) is 0 Å². The summed E-state index contributed by atoms with van der Waals surface area (Å²) < 4.78 is 6.58. The van der Waals surface area contributed by atoms with Crippen LogP contribution in [0.1, 0.15) is 0 Å². The molecule has 36 heavy (non-hydrogen) atoms. The molecule has 170 valence electrons. The molecule has 0 aliphatic rings. The predicted molar refractivity (Wildman–Crippen MR) is 152 cm³/mol. The van der Waals surface area contributed by atoms with Crippen molar-refractivity contribution in [1.29, 1.82) is 0 Å². The molecule has 0 saturated heterocycles. The van der Waals surface area contributed by atoms with E-state index in [1.807, 2.05) is 6.07 Å². The summed E-state index contributed by atoms with van der Waals surface area (Å²) in [6.45, 7) is 0. The van der Waals surface area contributed by atoms with Crippen LogP contribution in [0, 0.1) is 0 Å². The lowest BCUT2D eigenvalue weighted by Gasteiger charge is -2.13. The molecule has 6 aromatic carbocycles. The molecular weight excluding hydrogens is 438 g/mol. The Morgan fingerprint density at radius 2 is 1.08 bits per heavy atom. The third-order valence-corrected chi connectivity index (χ3v) is 6.87. The smallest absolute Gasteiger partial charge is 0.158 e. The monoisotopic (exact) mass is 461 g/mol. The number of benzene rings is 6. The highest BCUT2D eigenvalue weighted by molar-refractivity contribution is 6.13. The van der Waals surface area contributed by atoms with E-state index in [1.165, 1.54) is 16.3 Å². The summed E-state index contributed by atoms with van der Waals surface area (Å²) in [6.07, 6.45) is 0. The van der Waals surface area contributed by atoms with Gasteiger partial charge in [0, 0.05) is 27.6 Å². The molecule has 1 N–H and O–H groups in total. The van der Waals surface area contributed by atoms with Gasteiger partial charge in [-0.05, 0) is 40.1 Å². The molecule has 0 atom stereocenters. The Morgan fingerprint density at radius 3 is 1.97 bits per heavy atom. The summed E-state index contributed by atoms with van der Waals surface area (Å²) in [5.41, 5.74) is 8.37. The molecule has 0 aliphatic heterocycles. The lowest BCUT2D eigenvalue weighted by atomic mass is 9.99. The fourth-order valence-electron chi connectivity index (χ4n) is 5.11. The highest BCUT2D eigenvalue weighted by Crippen LogP contribution is 2.40. The zero-order valence-electron chi connectivity index (χ0n) is 19.6. The second-order valence-corrected chi connectivity index (χ2v) is 9.07. The van der Waals surface area contributed by atoms with Crippen molar-refractivity contribution in [3.63, 3.8) is 0 Å². The Labute approximate surface area is 209 Å². The summed E-state index contributed by atoms with van der Waals surface area (Å²) >= 11 is 0. The van der Waals surface area contributed by atoms with Gasteiger partial charge < -0.3 is 9.73 Å². The van der Waals surface area contributed by atoms with Gasteiger partial charge >= 0.3 is 0 Å². The number of anilines is 2. The van der Waals surface area contributed by atoms with E-state index < -0.39 is 0 Å². The third-order valence-electron chi connectivity index (χ3n) is 6.87. The third kappa shape index (κ3) is 3.43. The van der Waals surface area contributed by atoms with Gasteiger partial charge in [0.25, 0.3) is 0 Å². The molecule has 7 aromatic rings. The SMILES string of the molecule is c1ccc(-c2cccc3c2oc2c(Nc4ccccc4-c4ccc5ccccc5c4)cccc23)cc1. The summed E-state index contributed by atoms with van der Waals surface area (Å²) in [4.78, 5) is 0. The van der Waals surface area contributed by atoms with Crippen LogP contribution in [0.4, 0.5) is 11.4 Å². The lowest BCUT2D eigenvalue weighted by molar-refractivity contribution is 0.671. The first-order valence-electron chi connectivity index (χ1n) is 12.2. The van der Waals surface area contributed by atoms with Crippen molar-refractivity contribution in [3.05, 3.63) is 133 Å². The van der Waals surface area contributed by atoms with Gasteiger partial charge in [0.15, 0.2) is 5.58 Å². The minimum absolute atomic E-state index is 0.865. The van der Waals surface area contributed by atoms with Gasteiger partial charge in [0.1, 0.15) is 5.58 Å². The number of para-hydroxylation sites is 3. The van der Waals surface area contributed by atoms with Gasteiger partial charge in [0.2, 0.25) is 0 Å². The fraction of sp³-hybridized carbons (Fsp3) is 0. The minimum atomic E-state index is 0.865. The molecule has 2 nitrogen and oxygen atoms in total. The van der Waals surface area contributed by atoms with E-state index in [9.17, 15) is 0 Å². The van der Waals surface area contributed by atoms with Gasteiger partial charge in [-0.1, -0.05) is 115 Å². The molecule has 0 bridgehead atoms. The van der Waals surface area contributed by atoms with Crippen molar-refractivity contribution in [2.75, 3.05) is 5.32 Å². The number of hydrogen-bond donors (Lipinski definition) is 1. The van der Waals surface area contributed by atoms with Crippen LogP contribution < -0.4 is 5.32 Å². The van der Waals surface area contributed by atoms with E-state index in [0.29, 0.717) is 0 Å². The van der Waals surface area contributed by atoms with Crippen molar-refractivity contribution in [3.8, 4) is 22.3 Å². The highest BCUT2D eigenvalue weighted by Gasteiger charge is 2.15. The van der Waals surface area contributed by atoms with Crippen molar-refractivity contribution >= 4 is 44.1 Å². The first-order chi connectivity index (χ1) is 17.8. The molecule has 1 aromatic heterocycles. The van der Waals surface area contributed by atoms with Crippen LogP contribution in [0.15, 0.2) is 138 Å². The van der Waals surface area contributed by atoms with E-state index >= 15 is 0 Å². The molecule has 7 rings (SSSR count). The number of fused-ring (bicyclic) bond motifs is 4. The minimum Gasteiger partial charge on any atom is -0.453 e. The number of hydrogen-bond acceptors (Lipinski definition) is 2. The molecular formula is C34H23NO. The average Bonchev–Trinajstić information content (AvgIpc) is 3.34. The van der Waals surface area contributed by atoms with Gasteiger partial charge in [-0.3, -0.25) is 0 Å². The van der Waals surface area contributed by atoms with Gasteiger partial charge in [0.05, 0.1) is 5.69 Å². The van der Waals surface area contributed by atoms with Crippen LogP contribution in [0.2, 0.25) is 0 Å². The van der Waals surface area contributed by atoms with E-state index in [0.717, 1.165) is 50.0 Å². The summed E-state index contributed by atoms with van der Waals surface area (Å²) in [7, 11) is 0. The summed E-state index contributed by atoms with van der Waals surface area (Å²) in [5.74, 6) is 0. The Morgan fingerprint density at radius 1 is 0.417 bits per heavy atom. The van der Waals surface area contributed by atoms with E-state index in [1.54, 1.807) is 0 Å². The highest BCUT2D eigenvalue weighted by atomic mass is 16.3. The Hall–Kier alpha value is -4.82. The topological polar surface area (TPSA) is 25.2 Å². The zero-order valence-corrected chi connectivity index (χ0v) is 19.6. The predicted octanol–water partition coefficient (Wildman–Crippen LogP) is 9.82. The number of nitrogens with one attached hydrogen (secondary N) is 1. The molecule has 0 amide bonds. The van der Waals surface area contributed by atoms with Crippen LogP contribution >= 0.6 is 0 Å². The van der Waals surface area contributed by atoms with Crippen molar-refractivity contribution in [2.45, 2.75) is 0 Å². The van der Waals surface area contributed by atoms with Crippen LogP contribution in [-0.4, -0.2) is 0 Å². The number of furan rings is 1. The zero-order chi connectivity index (χ0) is 23.9.